The molecule has 1 unspecified atom stereocenters. The Kier molecular flexibility index (Phi) is 3.61. The third-order valence-corrected chi connectivity index (χ3v) is 5.76. The van der Waals surface area contributed by atoms with Crippen molar-refractivity contribution in [1.82, 2.24) is 0 Å². The van der Waals surface area contributed by atoms with Gasteiger partial charge >= 0.3 is 8.80 Å². The van der Waals surface area contributed by atoms with Crippen molar-refractivity contribution in [2.75, 3.05) is 21.3 Å². The third-order valence-electron chi connectivity index (χ3n) is 2.58. The van der Waals surface area contributed by atoms with Gasteiger partial charge in [-0.25, -0.2) is 0 Å². The molecule has 13 heavy (non-hydrogen) atoms. The Labute approximate surface area is 79.5 Å². The van der Waals surface area contributed by atoms with Crippen molar-refractivity contribution < 1.29 is 18.1 Å². The van der Waals surface area contributed by atoms with E-state index in [-0.39, 0.29) is 11.3 Å². The van der Waals surface area contributed by atoms with Gasteiger partial charge < -0.3 is 13.3 Å². The Hall–Kier alpha value is -0.233. The summed E-state index contributed by atoms with van der Waals surface area (Å²) in [6, 6.07) is 0. The van der Waals surface area contributed by atoms with E-state index in [9.17, 15) is 4.79 Å². The van der Waals surface area contributed by atoms with Gasteiger partial charge in [-0.05, 0) is 12.8 Å². The van der Waals surface area contributed by atoms with Gasteiger partial charge in [0.25, 0.3) is 0 Å². The van der Waals surface area contributed by atoms with Crippen LogP contribution in [0.2, 0.25) is 5.54 Å². The zero-order valence-corrected chi connectivity index (χ0v) is 9.33. The first kappa shape index (κ1) is 10.8. The molecule has 0 aromatic rings. The van der Waals surface area contributed by atoms with Crippen LogP contribution >= 0.6 is 0 Å². The molecule has 1 rings (SSSR count). The number of hydrogen-bond donors (Lipinski definition) is 0. The maximum Gasteiger partial charge on any atom is 0.511 e. The van der Waals surface area contributed by atoms with Gasteiger partial charge in [-0.1, -0.05) is 0 Å². The number of ketones is 1. The summed E-state index contributed by atoms with van der Waals surface area (Å²) in [5.41, 5.74) is -0.146. The number of carbonyl (C=O) groups excluding carboxylic acids is 1. The van der Waals surface area contributed by atoms with Crippen molar-refractivity contribution in [3.63, 3.8) is 0 Å². The van der Waals surface area contributed by atoms with Crippen LogP contribution in [0.15, 0.2) is 0 Å². The number of Topliss-reactive ketones (excluding diaryl/α,β-unsaturated/α-hetero) is 1. The lowest BCUT2D eigenvalue weighted by Gasteiger charge is -2.28. The van der Waals surface area contributed by atoms with Crippen molar-refractivity contribution in [2.45, 2.75) is 24.8 Å². The highest BCUT2D eigenvalue weighted by Gasteiger charge is 2.52. The Morgan fingerprint density at radius 1 is 1.23 bits per heavy atom. The van der Waals surface area contributed by atoms with Crippen molar-refractivity contribution in [3.05, 3.63) is 0 Å². The topological polar surface area (TPSA) is 44.8 Å². The van der Waals surface area contributed by atoms with Crippen molar-refractivity contribution in [1.29, 1.82) is 0 Å². The molecule has 0 heterocycles. The smallest absolute Gasteiger partial charge is 0.376 e. The summed E-state index contributed by atoms with van der Waals surface area (Å²) in [4.78, 5) is 11.5. The standard InChI is InChI=1S/C8H16O4Si/c1-10-13(11-2,12-3)8-6-4-5-7(8)9/h8H,4-6H2,1-3H3. The molecule has 4 nitrogen and oxygen atoms in total. The quantitative estimate of drug-likeness (QED) is 0.641. The molecule has 0 spiro atoms. The molecule has 0 saturated heterocycles. The Balaban J connectivity index is 2.79. The molecule has 1 aliphatic carbocycles. The molecule has 76 valence electrons. The fraction of sp³-hybridized carbons (Fsp3) is 0.875. The molecule has 0 radical (unpaired) electrons. The van der Waals surface area contributed by atoms with E-state index in [0.29, 0.717) is 6.42 Å². The minimum absolute atomic E-state index is 0.146. The Morgan fingerprint density at radius 2 is 1.77 bits per heavy atom. The lowest BCUT2D eigenvalue weighted by Crippen LogP contribution is -2.49. The molecule has 0 aliphatic heterocycles. The summed E-state index contributed by atoms with van der Waals surface area (Å²) in [6.07, 6.45) is 2.39. The van der Waals surface area contributed by atoms with E-state index in [1.807, 2.05) is 0 Å². The van der Waals surface area contributed by atoms with Crippen LogP contribution in [0.5, 0.6) is 0 Å². The first-order valence-corrected chi connectivity index (χ1v) is 6.18. The zero-order valence-electron chi connectivity index (χ0n) is 8.33. The molecular formula is C8H16O4Si. The highest BCUT2D eigenvalue weighted by Crippen LogP contribution is 2.36. The SMILES string of the molecule is CO[Si](OC)(OC)C1CCCC1=O. The second-order valence-electron chi connectivity index (χ2n) is 3.13. The molecular weight excluding hydrogens is 188 g/mol. The van der Waals surface area contributed by atoms with E-state index in [1.54, 1.807) is 21.3 Å². The van der Waals surface area contributed by atoms with Gasteiger partial charge in [0.15, 0.2) is 0 Å². The number of rotatable bonds is 4. The van der Waals surface area contributed by atoms with Crippen LogP contribution in [-0.2, 0) is 18.1 Å². The van der Waals surface area contributed by atoms with E-state index < -0.39 is 8.80 Å². The van der Waals surface area contributed by atoms with E-state index in [1.165, 1.54) is 0 Å². The molecule has 1 fully saturated rings. The van der Waals surface area contributed by atoms with E-state index in [0.717, 1.165) is 12.8 Å². The van der Waals surface area contributed by atoms with Gasteiger partial charge in [-0.15, -0.1) is 0 Å². The predicted molar refractivity (Wildman–Crippen MR) is 49.4 cm³/mol. The zero-order chi connectivity index (χ0) is 9.90. The van der Waals surface area contributed by atoms with Gasteiger partial charge in [0.2, 0.25) is 0 Å². The largest absolute Gasteiger partial charge is 0.511 e. The average molecular weight is 204 g/mol. The number of hydrogen-bond acceptors (Lipinski definition) is 4. The summed E-state index contributed by atoms with van der Waals surface area (Å²) < 4.78 is 15.8. The number of carbonyl (C=O) groups is 1. The fourth-order valence-electron chi connectivity index (χ4n) is 1.87. The second kappa shape index (κ2) is 4.32. The first-order chi connectivity index (χ1) is 6.20. The molecule has 0 N–H and O–H groups in total. The highest BCUT2D eigenvalue weighted by atomic mass is 28.4. The predicted octanol–water partition coefficient (Wildman–Crippen LogP) is 0.988. The molecule has 0 aromatic heterocycles. The van der Waals surface area contributed by atoms with Crippen LogP contribution in [0.1, 0.15) is 19.3 Å². The third kappa shape index (κ3) is 1.83. The summed E-state index contributed by atoms with van der Waals surface area (Å²) in [5.74, 6) is 0.220. The van der Waals surface area contributed by atoms with E-state index >= 15 is 0 Å². The summed E-state index contributed by atoms with van der Waals surface area (Å²) in [7, 11) is 1.94. The van der Waals surface area contributed by atoms with E-state index in [4.69, 9.17) is 13.3 Å². The Bertz CT molecular complexity index is 182. The van der Waals surface area contributed by atoms with Crippen molar-refractivity contribution in [3.8, 4) is 0 Å². The van der Waals surface area contributed by atoms with Crippen LogP contribution in [0, 0.1) is 0 Å². The molecule has 1 aliphatic rings. The summed E-state index contributed by atoms with van der Waals surface area (Å²) >= 11 is 0. The van der Waals surface area contributed by atoms with Crippen LogP contribution in [0.3, 0.4) is 0 Å². The lowest BCUT2D eigenvalue weighted by atomic mass is 10.3. The summed E-state index contributed by atoms with van der Waals surface area (Å²) in [6.45, 7) is 0. The van der Waals surface area contributed by atoms with Crippen LogP contribution in [-0.4, -0.2) is 35.9 Å². The van der Waals surface area contributed by atoms with Gasteiger partial charge in [0.1, 0.15) is 5.78 Å². The monoisotopic (exact) mass is 204 g/mol. The van der Waals surface area contributed by atoms with Crippen molar-refractivity contribution in [2.24, 2.45) is 0 Å². The van der Waals surface area contributed by atoms with Crippen LogP contribution in [0.4, 0.5) is 0 Å². The first-order valence-electron chi connectivity index (χ1n) is 4.38. The maximum absolute atomic E-state index is 11.5. The molecule has 0 aromatic carbocycles. The maximum atomic E-state index is 11.5. The average Bonchev–Trinajstić information content (AvgIpc) is 2.57. The minimum atomic E-state index is -2.70. The van der Waals surface area contributed by atoms with Gasteiger partial charge in [-0.3, -0.25) is 4.79 Å². The molecule has 1 saturated carbocycles. The van der Waals surface area contributed by atoms with Crippen LogP contribution in [0.25, 0.3) is 0 Å². The fourth-order valence-corrected chi connectivity index (χ4v) is 4.32. The minimum Gasteiger partial charge on any atom is -0.376 e. The Morgan fingerprint density at radius 3 is 2.08 bits per heavy atom. The molecule has 1 atom stereocenters. The van der Waals surface area contributed by atoms with Gasteiger partial charge in [0.05, 0.1) is 5.54 Å². The van der Waals surface area contributed by atoms with Gasteiger partial charge in [0, 0.05) is 27.8 Å². The molecule has 0 bridgehead atoms. The van der Waals surface area contributed by atoms with Crippen molar-refractivity contribution >= 4 is 14.6 Å². The van der Waals surface area contributed by atoms with Gasteiger partial charge in [-0.2, -0.15) is 0 Å². The normalized spacial score (nSPS) is 23.9. The lowest BCUT2D eigenvalue weighted by molar-refractivity contribution is -0.118. The van der Waals surface area contributed by atoms with E-state index in [2.05, 4.69) is 0 Å². The second-order valence-corrected chi connectivity index (χ2v) is 6.26. The summed E-state index contributed by atoms with van der Waals surface area (Å²) in [5, 5.41) is 0. The molecule has 0 amide bonds. The van der Waals surface area contributed by atoms with Crippen LogP contribution < -0.4 is 0 Å². The highest BCUT2D eigenvalue weighted by molar-refractivity contribution is 6.66. The molecule has 5 heteroatoms.